The smallest absolute Gasteiger partial charge is 0.389 e. The van der Waals surface area contributed by atoms with Gasteiger partial charge in [0.05, 0.1) is 17.3 Å². The fraction of sp³-hybridized carbons (Fsp3) is 0.423. The molecule has 0 saturated carbocycles. The molecule has 1 aliphatic rings. The highest BCUT2D eigenvalue weighted by atomic mass is 19.4. The molecule has 2 N–H and O–H groups in total. The molecule has 13 heteroatoms. The van der Waals surface area contributed by atoms with E-state index in [0.29, 0.717) is 31.8 Å². The standard InChI is InChI=1S/C26H28F8N4O/c1-16(2)38(21-5-3-19(27)4-6-21)39-24-22(11-18(25(29,30)31)12-23(24)26(32,33)34)17(13-35)14-36-8-10-37-9-7-20(28)15-37/h3-6,11-14,16,20,35-36H,7-10,15H2,1-2H3/b17-14+,35-13?. The average molecular weight is 565 g/mol. The topological polar surface area (TPSA) is 51.6 Å². The van der Waals surface area contributed by atoms with Crippen molar-refractivity contribution in [2.75, 3.05) is 31.2 Å². The Bertz CT molecular complexity index is 1160. The minimum Gasteiger partial charge on any atom is -0.389 e. The highest BCUT2D eigenvalue weighted by Gasteiger charge is 2.41. The summed E-state index contributed by atoms with van der Waals surface area (Å²) in [4.78, 5) is 7.46. The number of hydrogen-bond acceptors (Lipinski definition) is 5. The molecule has 2 aromatic carbocycles. The van der Waals surface area contributed by atoms with Gasteiger partial charge in [-0.1, -0.05) is 0 Å². The monoisotopic (exact) mass is 564 g/mol. The zero-order chi connectivity index (χ0) is 29.0. The zero-order valence-electron chi connectivity index (χ0n) is 21.1. The molecule has 1 unspecified atom stereocenters. The lowest BCUT2D eigenvalue weighted by atomic mass is 9.98. The van der Waals surface area contributed by atoms with Crippen LogP contribution in [0.1, 0.15) is 37.0 Å². The van der Waals surface area contributed by atoms with E-state index in [1.807, 2.05) is 4.90 Å². The van der Waals surface area contributed by atoms with Gasteiger partial charge < -0.3 is 15.6 Å². The van der Waals surface area contributed by atoms with Crippen molar-refractivity contribution in [2.24, 2.45) is 0 Å². The summed E-state index contributed by atoms with van der Waals surface area (Å²) in [6, 6.07) is 4.44. The molecule has 1 aliphatic heterocycles. The third-order valence-corrected chi connectivity index (χ3v) is 5.97. The Morgan fingerprint density at radius 2 is 1.79 bits per heavy atom. The summed E-state index contributed by atoms with van der Waals surface area (Å²) in [7, 11) is 0. The van der Waals surface area contributed by atoms with E-state index in [1.165, 1.54) is 12.1 Å². The molecule has 3 rings (SSSR count). The van der Waals surface area contributed by atoms with Crippen LogP contribution in [0.2, 0.25) is 0 Å². The number of nitrogens with zero attached hydrogens (tertiary/aromatic N) is 2. The van der Waals surface area contributed by atoms with E-state index in [1.54, 1.807) is 13.8 Å². The lowest BCUT2D eigenvalue weighted by Crippen LogP contribution is -2.35. The summed E-state index contributed by atoms with van der Waals surface area (Å²) in [6.45, 7) is 4.48. The average Bonchev–Trinajstić information content (AvgIpc) is 3.26. The van der Waals surface area contributed by atoms with Crippen molar-refractivity contribution >= 4 is 17.5 Å². The minimum atomic E-state index is -5.25. The minimum absolute atomic E-state index is 0.0439. The third-order valence-electron chi connectivity index (χ3n) is 5.97. The first-order valence-corrected chi connectivity index (χ1v) is 12.1. The molecule has 0 aromatic heterocycles. The van der Waals surface area contributed by atoms with Crippen LogP contribution in [0.4, 0.5) is 40.8 Å². The Morgan fingerprint density at radius 1 is 1.13 bits per heavy atom. The van der Waals surface area contributed by atoms with Crippen molar-refractivity contribution in [2.45, 2.75) is 44.8 Å². The first-order chi connectivity index (χ1) is 18.2. The fourth-order valence-corrected chi connectivity index (χ4v) is 4.05. The van der Waals surface area contributed by atoms with Gasteiger partial charge in [-0.05, 0) is 56.7 Å². The van der Waals surface area contributed by atoms with E-state index >= 15 is 0 Å². The number of alkyl halides is 7. The van der Waals surface area contributed by atoms with Crippen molar-refractivity contribution in [1.82, 2.24) is 10.2 Å². The van der Waals surface area contributed by atoms with Crippen LogP contribution in [0.25, 0.3) is 5.57 Å². The summed E-state index contributed by atoms with van der Waals surface area (Å²) >= 11 is 0. The Kier molecular flexibility index (Phi) is 9.47. The summed E-state index contributed by atoms with van der Waals surface area (Å²) in [5.41, 5.74) is -4.06. The number of halogens is 8. The molecular weight excluding hydrogens is 536 g/mol. The number of rotatable bonds is 10. The second-order valence-corrected chi connectivity index (χ2v) is 9.27. The van der Waals surface area contributed by atoms with Crippen LogP contribution < -0.4 is 15.2 Å². The number of likely N-dealkylation sites (tertiary alicyclic amines) is 1. The third kappa shape index (κ3) is 7.84. The van der Waals surface area contributed by atoms with Crippen molar-refractivity contribution in [3.63, 3.8) is 0 Å². The van der Waals surface area contributed by atoms with Gasteiger partial charge in [-0.3, -0.25) is 4.90 Å². The van der Waals surface area contributed by atoms with Crippen LogP contribution in [-0.2, 0) is 12.4 Å². The van der Waals surface area contributed by atoms with Gasteiger partial charge in [-0.2, -0.15) is 26.3 Å². The maximum absolute atomic E-state index is 14.1. The van der Waals surface area contributed by atoms with Gasteiger partial charge in [-0.15, -0.1) is 0 Å². The molecule has 0 spiro atoms. The molecule has 214 valence electrons. The summed E-state index contributed by atoms with van der Waals surface area (Å²) in [6.07, 6.45) is -9.21. The number of benzene rings is 2. The lowest BCUT2D eigenvalue weighted by molar-refractivity contribution is -0.144. The van der Waals surface area contributed by atoms with Crippen LogP contribution >= 0.6 is 0 Å². The maximum Gasteiger partial charge on any atom is 0.420 e. The Balaban J connectivity index is 2.08. The van der Waals surface area contributed by atoms with E-state index < -0.39 is 52.8 Å². The van der Waals surface area contributed by atoms with Crippen molar-refractivity contribution in [3.05, 3.63) is 65.1 Å². The van der Waals surface area contributed by atoms with E-state index in [-0.39, 0.29) is 30.4 Å². The van der Waals surface area contributed by atoms with Gasteiger partial charge in [0, 0.05) is 49.7 Å². The van der Waals surface area contributed by atoms with Crippen molar-refractivity contribution in [3.8, 4) is 5.75 Å². The second-order valence-electron chi connectivity index (χ2n) is 9.27. The van der Waals surface area contributed by atoms with Crippen LogP contribution in [-0.4, -0.2) is 49.5 Å². The van der Waals surface area contributed by atoms with Gasteiger partial charge in [0.1, 0.15) is 17.6 Å². The van der Waals surface area contributed by atoms with Gasteiger partial charge in [0.15, 0.2) is 5.75 Å². The van der Waals surface area contributed by atoms with Crippen LogP contribution in [0.5, 0.6) is 5.75 Å². The SMILES string of the molecule is CC(C)N(Oc1c(/C(C=N)=C/NCCN2CCC(F)C2)cc(C(F)(F)F)cc1C(F)(F)F)c1ccc(F)cc1. The maximum atomic E-state index is 14.1. The van der Waals surface area contributed by atoms with E-state index in [0.717, 1.165) is 23.4 Å². The first kappa shape index (κ1) is 30.2. The molecule has 1 saturated heterocycles. The van der Waals surface area contributed by atoms with Crippen molar-refractivity contribution < 1.29 is 40.0 Å². The molecule has 1 fully saturated rings. The molecular formula is C26H28F8N4O. The van der Waals surface area contributed by atoms with Crippen LogP contribution in [0.3, 0.4) is 0 Å². The molecule has 1 heterocycles. The largest absolute Gasteiger partial charge is 0.420 e. The van der Waals surface area contributed by atoms with Gasteiger partial charge >= 0.3 is 12.4 Å². The predicted octanol–water partition coefficient (Wildman–Crippen LogP) is 6.70. The number of allylic oxidation sites excluding steroid dienone is 1. The normalized spacial score (nSPS) is 17.0. The molecule has 2 aromatic rings. The quantitative estimate of drug-likeness (QED) is 0.146. The Labute approximate surface area is 220 Å². The lowest BCUT2D eigenvalue weighted by Gasteiger charge is -2.31. The van der Waals surface area contributed by atoms with Gasteiger partial charge in [0.25, 0.3) is 0 Å². The van der Waals surface area contributed by atoms with Crippen LogP contribution in [0.15, 0.2) is 42.6 Å². The number of anilines is 1. The molecule has 0 bridgehead atoms. The van der Waals surface area contributed by atoms with E-state index in [4.69, 9.17) is 10.2 Å². The Hall–Kier alpha value is -3.35. The molecule has 0 amide bonds. The summed E-state index contributed by atoms with van der Waals surface area (Å²) < 4.78 is 110. The molecule has 5 nitrogen and oxygen atoms in total. The highest BCUT2D eigenvalue weighted by Crippen LogP contribution is 2.45. The first-order valence-electron chi connectivity index (χ1n) is 12.1. The van der Waals surface area contributed by atoms with Crippen molar-refractivity contribution in [1.29, 1.82) is 5.41 Å². The molecule has 0 aliphatic carbocycles. The molecule has 1 atom stereocenters. The predicted molar refractivity (Wildman–Crippen MR) is 132 cm³/mol. The van der Waals surface area contributed by atoms with Crippen LogP contribution in [0, 0.1) is 11.2 Å². The summed E-state index contributed by atoms with van der Waals surface area (Å²) in [5, 5.41) is 11.6. The number of hydrogen-bond donors (Lipinski definition) is 2. The zero-order valence-corrected chi connectivity index (χ0v) is 21.1. The number of nitrogens with one attached hydrogen (secondary N) is 2. The highest BCUT2D eigenvalue weighted by molar-refractivity contribution is 6.09. The van der Waals surface area contributed by atoms with E-state index in [9.17, 15) is 35.1 Å². The molecule has 39 heavy (non-hydrogen) atoms. The summed E-state index contributed by atoms with van der Waals surface area (Å²) in [5.74, 6) is -1.56. The second kappa shape index (κ2) is 12.2. The number of hydroxylamine groups is 1. The Morgan fingerprint density at radius 3 is 2.31 bits per heavy atom. The molecule has 0 radical (unpaired) electrons. The van der Waals surface area contributed by atoms with Gasteiger partial charge in [0.2, 0.25) is 0 Å². The fourth-order valence-electron chi connectivity index (χ4n) is 4.05. The van der Waals surface area contributed by atoms with Gasteiger partial charge in [-0.25, -0.2) is 13.8 Å². The van der Waals surface area contributed by atoms with E-state index in [2.05, 4.69) is 5.32 Å².